The maximum absolute atomic E-state index is 9.92. The van der Waals surface area contributed by atoms with Gasteiger partial charge in [0.15, 0.2) is 5.75 Å². The molecular formula is C12H12N2O. The Hall–Kier alpha value is -1.90. The van der Waals surface area contributed by atoms with E-state index in [0.717, 1.165) is 10.8 Å². The molecule has 0 radical (unpaired) electrons. The smallest absolute Gasteiger partial charge is 0.150 e. The summed E-state index contributed by atoms with van der Waals surface area (Å²) in [6.07, 6.45) is 0. The third kappa shape index (κ3) is 1.81. The van der Waals surface area contributed by atoms with Gasteiger partial charge in [-0.3, -0.25) is 0 Å². The third-order valence-corrected chi connectivity index (χ3v) is 2.20. The molecule has 3 nitrogen and oxygen atoms in total. The first kappa shape index (κ1) is 9.65. The van der Waals surface area contributed by atoms with Crippen molar-refractivity contribution in [3.05, 3.63) is 36.4 Å². The number of nitrogens with zero attached hydrogens (tertiary/aromatic N) is 2. The molecule has 3 heteroatoms. The molecule has 0 heterocycles. The largest absolute Gasteiger partial charge is 0.505 e. The molecule has 15 heavy (non-hydrogen) atoms. The predicted molar refractivity (Wildman–Crippen MR) is 60.7 cm³/mol. The molecule has 0 unspecified atom stereocenters. The monoisotopic (exact) mass is 200 g/mol. The number of fused-ring (bicyclic) bond motifs is 1. The van der Waals surface area contributed by atoms with Crippen LogP contribution in [0.5, 0.6) is 5.75 Å². The molecule has 0 aliphatic carbocycles. The van der Waals surface area contributed by atoms with E-state index in [9.17, 15) is 5.11 Å². The molecule has 2 aromatic carbocycles. The second-order valence-corrected chi connectivity index (χ2v) is 3.21. The standard InChI is InChI=1S/C12H12N2O/c1-2-13-14-11-8-7-9-5-3-4-6-10(9)12(11)15/h3-8,15H,2H2,1H3. The van der Waals surface area contributed by atoms with E-state index in [1.54, 1.807) is 6.07 Å². The SMILES string of the molecule is CCN=Nc1ccc2ccccc2c1O. The molecule has 0 spiro atoms. The van der Waals surface area contributed by atoms with Crippen molar-refractivity contribution in [3.8, 4) is 5.75 Å². The molecule has 2 rings (SSSR count). The number of hydrogen-bond donors (Lipinski definition) is 1. The Morgan fingerprint density at radius 2 is 1.93 bits per heavy atom. The van der Waals surface area contributed by atoms with Crippen molar-refractivity contribution in [2.24, 2.45) is 10.2 Å². The average Bonchev–Trinajstić information content (AvgIpc) is 2.29. The number of phenols is 1. The van der Waals surface area contributed by atoms with Crippen LogP contribution in [0.4, 0.5) is 5.69 Å². The van der Waals surface area contributed by atoms with E-state index >= 15 is 0 Å². The van der Waals surface area contributed by atoms with E-state index in [1.165, 1.54) is 0 Å². The van der Waals surface area contributed by atoms with E-state index in [-0.39, 0.29) is 5.75 Å². The van der Waals surface area contributed by atoms with Crippen molar-refractivity contribution in [3.63, 3.8) is 0 Å². The second-order valence-electron chi connectivity index (χ2n) is 3.21. The fourth-order valence-electron chi connectivity index (χ4n) is 1.47. The summed E-state index contributed by atoms with van der Waals surface area (Å²) >= 11 is 0. The molecule has 0 fully saturated rings. The molecule has 0 saturated heterocycles. The van der Waals surface area contributed by atoms with E-state index in [4.69, 9.17) is 0 Å². The van der Waals surface area contributed by atoms with Gasteiger partial charge in [0.25, 0.3) is 0 Å². The van der Waals surface area contributed by atoms with Crippen LogP contribution in [0.3, 0.4) is 0 Å². The fourth-order valence-corrected chi connectivity index (χ4v) is 1.47. The first-order valence-corrected chi connectivity index (χ1v) is 4.91. The summed E-state index contributed by atoms with van der Waals surface area (Å²) < 4.78 is 0. The first-order chi connectivity index (χ1) is 7.33. The zero-order valence-electron chi connectivity index (χ0n) is 8.51. The molecule has 0 bridgehead atoms. The summed E-state index contributed by atoms with van der Waals surface area (Å²) in [4.78, 5) is 0. The lowest BCUT2D eigenvalue weighted by atomic mass is 10.1. The summed E-state index contributed by atoms with van der Waals surface area (Å²) in [5.41, 5.74) is 0.524. The second kappa shape index (κ2) is 4.09. The van der Waals surface area contributed by atoms with E-state index in [1.807, 2.05) is 37.3 Å². The van der Waals surface area contributed by atoms with Crippen LogP contribution in [-0.4, -0.2) is 11.7 Å². The highest BCUT2D eigenvalue weighted by Gasteiger charge is 2.04. The van der Waals surface area contributed by atoms with Crippen LogP contribution in [0.1, 0.15) is 6.92 Å². The molecule has 0 aliphatic heterocycles. The van der Waals surface area contributed by atoms with Crippen molar-refractivity contribution in [2.75, 3.05) is 6.54 Å². The molecule has 0 aliphatic rings. The highest BCUT2D eigenvalue weighted by atomic mass is 16.3. The lowest BCUT2D eigenvalue weighted by Gasteiger charge is -2.02. The van der Waals surface area contributed by atoms with Crippen LogP contribution >= 0.6 is 0 Å². The average molecular weight is 200 g/mol. The summed E-state index contributed by atoms with van der Waals surface area (Å²) in [5.74, 6) is 0.199. The van der Waals surface area contributed by atoms with E-state index in [2.05, 4.69) is 10.2 Å². The zero-order valence-corrected chi connectivity index (χ0v) is 8.51. The van der Waals surface area contributed by atoms with Crippen LogP contribution in [0.15, 0.2) is 46.6 Å². The lowest BCUT2D eigenvalue weighted by Crippen LogP contribution is -1.74. The number of phenolic OH excluding ortho intramolecular Hbond substituents is 1. The van der Waals surface area contributed by atoms with Gasteiger partial charge in [-0.25, -0.2) is 0 Å². The Kier molecular flexibility index (Phi) is 2.63. The van der Waals surface area contributed by atoms with Gasteiger partial charge in [-0.05, 0) is 18.4 Å². The Morgan fingerprint density at radius 1 is 1.13 bits per heavy atom. The van der Waals surface area contributed by atoms with Crippen LogP contribution < -0.4 is 0 Å². The summed E-state index contributed by atoms with van der Waals surface area (Å²) in [6.45, 7) is 2.52. The number of rotatable bonds is 2. The van der Waals surface area contributed by atoms with Crippen molar-refractivity contribution in [2.45, 2.75) is 6.92 Å². The third-order valence-electron chi connectivity index (χ3n) is 2.20. The predicted octanol–water partition coefficient (Wildman–Crippen LogP) is 3.65. The van der Waals surface area contributed by atoms with Crippen molar-refractivity contribution in [1.29, 1.82) is 0 Å². The summed E-state index contributed by atoms with van der Waals surface area (Å²) in [7, 11) is 0. The zero-order chi connectivity index (χ0) is 10.7. The van der Waals surface area contributed by atoms with Gasteiger partial charge in [-0.15, -0.1) is 0 Å². The molecule has 2 aromatic rings. The summed E-state index contributed by atoms with van der Waals surface area (Å²) in [6, 6.07) is 11.4. The molecular weight excluding hydrogens is 188 g/mol. The van der Waals surface area contributed by atoms with Gasteiger partial charge in [-0.1, -0.05) is 30.3 Å². The minimum atomic E-state index is 0.199. The van der Waals surface area contributed by atoms with E-state index < -0.39 is 0 Å². The van der Waals surface area contributed by atoms with Crippen molar-refractivity contribution < 1.29 is 5.11 Å². The van der Waals surface area contributed by atoms with Crippen LogP contribution in [-0.2, 0) is 0 Å². The number of hydrogen-bond acceptors (Lipinski definition) is 3. The first-order valence-electron chi connectivity index (χ1n) is 4.91. The van der Waals surface area contributed by atoms with Crippen LogP contribution in [0, 0.1) is 0 Å². The number of azo groups is 1. The Labute approximate surface area is 88.1 Å². The minimum absolute atomic E-state index is 0.199. The lowest BCUT2D eigenvalue weighted by molar-refractivity contribution is 0.482. The van der Waals surface area contributed by atoms with E-state index in [0.29, 0.717) is 12.2 Å². The van der Waals surface area contributed by atoms with Crippen molar-refractivity contribution >= 4 is 16.5 Å². The molecule has 0 atom stereocenters. The molecule has 1 N–H and O–H groups in total. The van der Waals surface area contributed by atoms with Crippen LogP contribution in [0.25, 0.3) is 10.8 Å². The highest BCUT2D eigenvalue weighted by molar-refractivity contribution is 5.92. The van der Waals surface area contributed by atoms with Gasteiger partial charge in [0.05, 0.1) is 6.54 Å². The van der Waals surface area contributed by atoms with Crippen molar-refractivity contribution in [1.82, 2.24) is 0 Å². The summed E-state index contributed by atoms with van der Waals surface area (Å²) in [5, 5.41) is 19.6. The topological polar surface area (TPSA) is 45.0 Å². The van der Waals surface area contributed by atoms with Gasteiger partial charge in [-0.2, -0.15) is 10.2 Å². The van der Waals surface area contributed by atoms with Gasteiger partial charge >= 0.3 is 0 Å². The molecule has 0 amide bonds. The maximum atomic E-state index is 9.92. The van der Waals surface area contributed by atoms with Gasteiger partial charge in [0.1, 0.15) is 5.69 Å². The molecule has 0 aromatic heterocycles. The molecule has 0 saturated carbocycles. The Bertz CT molecular complexity index is 506. The highest BCUT2D eigenvalue weighted by Crippen LogP contribution is 2.34. The van der Waals surface area contributed by atoms with Gasteiger partial charge in [0, 0.05) is 5.39 Å². The van der Waals surface area contributed by atoms with Gasteiger partial charge < -0.3 is 5.11 Å². The fraction of sp³-hybridized carbons (Fsp3) is 0.167. The quantitative estimate of drug-likeness (QED) is 0.739. The minimum Gasteiger partial charge on any atom is -0.505 e. The molecule has 76 valence electrons. The van der Waals surface area contributed by atoms with Gasteiger partial charge in [0.2, 0.25) is 0 Å². The van der Waals surface area contributed by atoms with Crippen LogP contribution in [0.2, 0.25) is 0 Å². The maximum Gasteiger partial charge on any atom is 0.150 e. The Morgan fingerprint density at radius 3 is 2.73 bits per heavy atom. The normalized spacial score (nSPS) is 11.3. The Balaban J connectivity index is 2.60. The number of benzene rings is 2. The number of aromatic hydroxyl groups is 1.